The van der Waals surface area contributed by atoms with Gasteiger partial charge in [-0.3, -0.25) is 4.79 Å². The van der Waals surface area contributed by atoms with Gasteiger partial charge in [-0.25, -0.2) is 0 Å². The molecule has 0 fully saturated rings. The number of alkyl halides is 3. The van der Waals surface area contributed by atoms with Gasteiger partial charge < -0.3 is 19.2 Å². The highest BCUT2D eigenvalue weighted by atomic mass is 19.4. The van der Waals surface area contributed by atoms with E-state index >= 15 is 0 Å². The molecule has 0 bridgehead atoms. The molecule has 0 aliphatic carbocycles. The largest absolute Gasteiger partial charge is 0.461 e. The molecule has 9 heteroatoms. The lowest BCUT2D eigenvalue weighted by molar-refractivity contribution is -0.136. The fraction of sp³-hybridized carbons (Fsp3) is 0.176. The molecule has 0 atom stereocenters. The van der Waals surface area contributed by atoms with E-state index in [1.165, 1.54) is 29.4 Å². The lowest BCUT2D eigenvalue weighted by Crippen LogP contribution is -2.18. The Morgan fingerprint density at radius 3 is 2.54 bits per heavy atom. The molecule has 1 aromatic carbocycles. The quantitative estimate of drug-likeness (QED) is 0.748. The topological polar surface area (TPSA) is 71.5 Å². The Bertz CT molecular complexity index is 915. The third kappa shape index (κ3) is 3.56. The standard InChI is InChI=1S/C17H14F3N3O3/c1-23(2)10-5-6-12(11(8-10)17(18,19)20)21-16(24)13-9-15(26-22-13)14-4-3-7-25-14/h3-9H,1-2H3,(H,21,24). The summed E-state index contributed by atoms with van der Waals surface area (Å²) in [4.78, 5) is 13.8. The number of halogens is 3. The molecular weight excluding hydrogens is 351 g/mol. The molecule has 3 rings (SSSR count). The summed E-state index contributed by atoms with van der Waals surface area (Å²) in [7, 11) is 3.25. The molecule has 0 saturated heterocycles. The van der Waals surface area contributed by atoms with Crippen molar-refractivity contribution >= 4 is 17.3 Å². The van der Waals surface area contributed by atoms with Crippen LogP contribution >= 0.6 is 0 Å². The van der Waals surface area contributed by atoms with Crippen molar-refractivity contribution in [3.8, 4) is 11.5 Å². The molecule has 0 aliphatic rings. The van der Waals surface area contributed by atoms with Crippen LogP contribution < -0.4 is 10.2 Å². The van der Waals surface area contributed by atoms with Crippen molar-refractivity contribution in [2.24, 2.45) is 0 Å². The molecule has 6 nitrogen and oxygen atoms in total. The molecule has 0 saturated carbocycles. The molecule has 26 heavy (non-hydrogen) atoms. The number of hydrogen-bond donors (Lipinski definition) is 1. The van der Waals surface area contributed by atoms with E-state index < -0.39 is 17.6 Å². The maximum absolute atomic E-state index is 13.3. The van der Waals surface area contributed by atoms with E-state index in [4.69, 9.17) is 8.94 Å². The van der Waals surface area contributed by atoms with Gasteiger partial charge in [0.05, 0.1) is 17.5 Å². The zero-order valence-corrected chi connectivity index (χ0v) is 13.8. The molecule has 1 amide bonds. The maximum Gasteiger partial charge on any atom is 0.418 e. The van der Waals surface area contributed by atoms with Crippen LogP contribution in [0.3, 0.4) is 0 Å². The number of rotatable bonds is 4. The minimum Gasteiger partial charge on any atom is -0.461 e. The molecule has 2 aromatic heterocycles. The molecule has 3 aromatic rings. The second kappa shape index (κ2) is 6.58. The van der Waals surface area contributed by atoms with Crippen LogP contribution in [0.25, 0.3) is 11.5 Å². The summed E-state index contributed by atoms with van der Waals surface area (Å²) in [5, 5.41) is 5.80. The highest BCUT2D eigenvalue weighted by molar-refractivity contribution is 6.03. The van der Waals surface area contributed by atoms with Crippen molar-refractivity contribution in [3.05, 3.63) is 53.9 Å². The van der Waals surface area contributed by atoms with Gasteiger partial charge in [0.2, 0.25) is 5.76 Å². The molecule has 0 aliphatic heterocycles. The number of benzene rings is 1. The van der Waals surface area contributed by atoms with Crippen molar-refractivity contribution in [3.63, 3.8) is 0 Å². The van der Waals surface area contributed by atoms with E-state index in [2.05, 4.69) is 10.5 Å². The van der Waals surface area contributed by atoms with E-state index in [9.17, 15) is 18.0 Å². The number of hydrogen-bond acceptors (Lipinski definition) is 5. The van der Waals surface area contributed by atoms with Crippen molar-refractivity contribution < 1.29 is 26.9 Å². The summed E-state index contributed by atoms with van der Waals surface area (Å²) >= 11 is 0. The summed E-state index contributed by atoms with van der Waals surface area (Å²) in [5.41, 5.74) is -1.12. The zero-order chi connectivity index (χ0) is 18.9. The lowest BCUT2D eigenvalue weighted by atomic mass is 10.1. The molecule has 0 radical (unpaired) electrons. The normalized spacial score (nSPS) is 11.4. The first kappa shape index (κ1) is 17.6. The second-order valence-electron chi connectivity index (χ2n) is 5.63. The van der Waals surface area contributed by atoms with Crippen LogP contribution in [0.2, 0.25) is 0 Å². The summed E-state index contributed by atoms with van der Waals surface area (Å²) in [6.07, 6.45) is -3.21. The van der Waals surface area contributed by atoms with Gasteiger partial charge >= 0.3 is 6.18 Å². The average molecular weight is 365 g/mol. The first-order chi connectivity index (χ1) is 12.3. The Hall–Kier alpha value is -3.23. The Morgan fingerprint density at radius 1 is 1.15 bits per heavy atom. The second-order valence-corrected chi connectivity index (χ2v) is 5.63. The third-order valence-electron chi connectivity index (χ3n) is 3.58. The van der Waals surface area contributed by atoms with Crippen LogP contribution in [0.5, 0.6) is 0 Å². The van der Waals surface area contributed by atoms with Crippen molar-refractivity contribution in [1.29, 1.82) is 0 Å². The van der Waals surface area contributed by atoms with Gasteiger partial charge in [-0.15, -0.1) is 0 Å². The van der Waals surface area contributed by atoms with E-state index in [1.54, 1.807) is 26.2 Å². The minimum atomic E-state index is -4.63. The highest BCUT2D eigenvalue weighted by Crippen LogP contribution is 2.37. The number of nitrogens with one attached hydrogen (secondary N) is 1. The van der Waals surface area contributed by atoms with Crippen LogP contribution in [0, 0.1) is 0 Å². The number of furan rings is 1. The van der Waals surface area contributed by atoms with Crippen LogP contribution in [0.1, 0.15) is 16.1 Å². The third-order valence-corrected chi connectivity index (χ3v) is 3.58. The summed E-state index contributed by atoms with van der Waals surface area (Å²) < 4.78 is 50.0. The SMILES string of the molecule is CN(C)c1ccc(NC(=O)c2cc(-c3ccco3)on2)c(C(F)(F)F)c1. The Kier molecular flexibility index (Phi) is 4.45. The summed E-state index contributed by atoms with van der Waals surface area (Å²) in [5.74, 6) is -0.281. The number of aromatic nitrogens is 1. The Labute approximate surface area is 146 Å². The van der Waals surface area contributed by atoms with Gasteiger partial charge in [0, 0.05) is 25.8 Å². The number of amides is 1. The van der Waals surface area contributed by atoms with Crippen molar-refractivity contribution in [2.75, 3.05) is 24.3 Å². The van der Waals surface area contributed by atoms with Gasteiger partial charge in [-0.2, -0.15) is 13.2 Å². The Morgan fingerprint density at radius 2 is 1.92 bits per heavy atom. The first-order valence-electron chi connectivity index (χ1n) is 7.46. The van der Waals surface area contributed by atoms with Crippen LogP contribution in [0.15, 0.2) is 51.6 Å². The van der Waals surface area contributed by atoms with E-state index in [0.29, 0.717) is 11.4 Å². The van der Waals surface area contributed by atoms with Gasteiger partial charge in [-0.1, -0.05) is 5.16 Å². The number of carbonyl (C=O) groups is 1. The minimum absolute atomic E-state index is 0.166. The molecule has 0 spiro atoms. The van der Waals surface area contributed by atoms with E-state index in [0.717, 1.165) is 6.07 Å². The smallest absolute Gasteiger partial charge is 0.418 e. The molecule has 136 valence electrons. The van der Waals surface area contributed by atoms with Gasteiger partial charge in [0.15, 0.2) is 11.5 Å². The number of anilines is 2. The fourth-order valence-corrected chi connectivity index (χ4v) is 2.26. The molecule has 2 heterocycles. The number of carbonyl (C=O) groups excluding carboxylic acids is 1. The molecule has 1 N–H and O–H groups in total. The highest BCUT2D eigenvalue weighted by Gasteiger charge is 2.34. The first-order valence-corrected chi connectivity index (χ1v) is 7.46. The Balaban J connectivity index is 1.87. The van der Waals surface area contributed by atoms with Crippen molar-refractivity contribution in [1.82, 2.24) is 5.16 Å². The summed E-state index contributed by atoms with van der Waals surface area (Å²) in [6, 6.07) is 8.15. The van der Waals surface area contributed by atoms with E-state index in [-0.39, 0.29) is 17.1 Å². The number of nitrogens with zero attached hydrogens (tertiary/aromatic N) is 2. The van der Waals surface area contributed by atoms with Crippen molar-refractivity contribution in [2.45, 2.75) is 6.18 Å². The van der Waals surface area contributed by atoms with Gasteiger partial charge in [-0.05, 0) is 30.3 Å². The maximum atomic E-state index is 13.3. The van der Waals surface area contributed by atoms with Crippen LogP contribution in [0.4, 0.5) is 24.5 Å². The van der Waals surface area contributed by atoms with Gasteiger partial charge in [0.25, 0.3) is 5.91 Å². The van der Waals surface area contributed by atoms with Crippen LogP contribution in [-0.2, 0) is 6.18 Å². The average Bonchev–Trinajstić information content (AvgIpc) is 3.25. The predicted octanol–water partition coefficient (Wildman–Crippen LogP) is 4.27. The predicted molar refractivity (Wildman–Crippen MR) is 87.9 cm³/mol. The summed E-state index contributed by atoms with van der Waals surface area (Å²) in [6.45, 7) is 0. The monoisotopic (exact) mass is 365 g/mol. The lowest BCUT2D eigenvalue weighted by Gasteiger charge is -2.18. The fourth-order valence-electron chi connectivity index (χ4n) is 2.26. The van der Waals surface area contributed by atoms with Crippen LogP contribution in [-0.4, -0.2) is 25.2 Å². The van der Waals surface area contributed by atoms with E-state index in [1.807, 2.05) is 0 Å². The van der Waals surface area contributed by atoms with Gasteiger partial charge in [0.1, 0.15) is 0 Å². The zero-order valence-electron chi connectivity index (χ0n) is 13.8. The molecular formula is C17H14F3N3O3. The molecule has 0 unspecified atom stereocenters.